The van der Waals surface area contributed by atoms with E-state index in [2.05, 4.69) is 154 Å². The number of imidazole rings is 1. The molecule has 0 radical (unpaired) electrons. The van der Waals surface area contributed by atoms with Crippen molar-refractivity contribution in [3.63, 3.8) is 0 Å². The minimum Gasteiger partial charge on any atom is -0.507 e. The second-order valence-electron chi connectivity index (χ2n) is 19.4. The Kier molecular flexibility index (Phi) is 11.1. The molecule has 0 amide bonds. The van der Waals surface area contributed by atoms with Gasteiger partial charge in [0.05, 0.1) is 16.6 Å². The van der Waals surface area contributed by atoms with Gasteiger partial charge in [0.25, 0.3) is 0 Å². The first kappa shape index (κ1) is 41.8. The van der Waals surface area contributed by atoms with Gasteiger partial charge in [-0.1, -0.05) is 155 Å². The number of rotatable bonds is 5. The Morgan fingerprint density at radius 2 is 1.09 bits per heavy atom. The van der Waals surface area contributed by atoms with Gasteiger partial charge in [0, 0.05) is 38.6 Å². The Bertz CT molecular complexity index is 2520. The molecule has 0 aliphatic rings. The van der Waals surface area contributed by atoms with E-state index in [1.54, 1.807) is 0 Å². The van der Waals surface area contributed by atoms with Gasteiger partial charge < -0.3 is 5.11 Å². The fraction of sp³-hybridized carbons (Fsp3) is 0.308. The molecule has 2 heterocycles. The van der Waals surface area contributed by atoms with Crippen molar-refractivity contribution in [3.8, 4) is 56.3 Å². The van der Waals surface area contributed by atoms with Gasteiger partial charge in [-0.2, -0.15) is 0 Å². The van der Waals surface area contributed by atoms with Crippen molar-refractivity contribution in [1.29, 1.82) is 0 Å². The molecule has 7 rings (SSSR count). The van der Waals surface area contributed by atoms with Gasteiger partial charge in [-0.05, 0) is 85.9 Å². The van der Waals surface area contributed by atoms with Gasteiger partial charge in [0.1, 0.15) is 11.6 Å². The molecule has 1 N–H and O–H groups in total. The largest absolute Gasteiger partial charge is 0.507 e. The Balaban J connectivity index is 0.00000549. The van der Waals surface area contributed by atoms with Crippen molar-refractivity contribution >= 4 is 11.0 Å². The predicted molar refractivity (Wildman–Crippen MR) is 236 cm³/mol. The number of phenols is 1. The first-order valence-corrected chi connectivity index (χ1v) is 19.8. The van der Waals surface area contributed by atoms with E-state index in [9.17, 15) is 5.11 Å². The molecule has 57 heavy (non-hydrogen) atoms. The third-order valence-electron chi connectivity index (χ3n) is 10.8. The smallest absolute Gasteiger partial charge is 0.148 e. The maximum absolute atomic E-state index is 12.0. The van der Waals surface area contributed by atoms with Crippen molar-refractivity contribution in [1.82, 2.24) is 14.5 Å². The average Bonchev–Trinajstić information content (AvgIpc) is 3.52. The Morgan fingerprint density at radius 3 is 1.65 bits per heavy atom. The zero-order valence-electron chi connectivity index (χ0n) is 35.6. The molecule has 4 nitrogen and oxygen atoms in total. The van der Waals surface area contributed by atoms with Crippen LogP contribution in [-0.4, -0.2) is 19.6 Å². The summed E-state index contributed by atoms with van der Waals surface area (Å²) in [6.45, 7) is 27.2. The van der Waals surface area contributed by atoms with Crippen LogP contribution in [0.3, 0.4) is 0 Å². The average molecular weight is 934 g/mol. The third-order valence-corrected chi connectivity index (χ3v) is 10.8. The molecule has 0 saturated carbocycles. The van der Waals surface area contributed by atoms with Crippen LogP contribution in [0.1, 0.15) is 105 Å². The van der Waals surface area contributed by atoms with E-state index in [0.29, 0.717) is 11.4 Å². The molecule has 0 spiro atoms. The van der Waals surface area contributed by atoms with Crippen LogP contribution in [0.5, 0.6) is 5.75 Å². The van der Waals surface area contributed by atoms with Crippen molar-refractivity contribution in [3.05, 3.63) is 144 Å². The first-order valence-electron chi connectivity index (χ1n) is 19.8. The van der Waals surface area contributed by atoms with Gasteiger partial charge >= 0.3 is 0 Å². The molecule has 0 bridgehead atoms. The quantitative estimate of drug-likeness (QED) is 0.175. The number of fused-ring (bicyclic) bond motifs is 1. The van der Waals surface area contributed by atoms with Crippen LogP contribution in [-0.2, 0) is 42.7 Å². The van der Waals surface area contributed by atoms with Crippen LogP contribution >= 0.6 is 0 Å². The summed E-state index contributed by atoms with van der Waals surface area (Å²) in [6.07, 6.45) is 1.84. The van der Waals surface area contributed by atoms with Crippen molar-refractivity contribution in [2.45, 2.75) is 105 Å². The summed E-state index contributed by atoms with van der Waals surface area (Å²) >= 11 is 0. The first-order chi connectivity index (χ1) is 26.2. The molecule has 0 unspecified atom stereocenters. The molecule has 7 aromatic rings. The standard InChI is InChI=1S/C52H56N3O.Pt/c1-49(2,3)37-25-35(24-36(26-37)44-20-16-17-23-53-44)43-31-40(52(10,11)12)32-45-47(43)54-48(42-22-21-34(27-46(42)56)33-18-14-13-15-19-33)55(45)41-29-38(50(4,5)6)28-39(30-41)51(7,8)9;/h13-23,25-32,56H,1-12H3;/q-1;. The predicted octanol–water partition coefficient (Wildman–Crippen LogP) is 13.8. The van der Waals surface area contributed by atoms with Crippen molar-refractivity contribution in [2.75, 3.05) is 0 Å². The number of benzene rings is 5. The summed E-state index contributed by atoms with van der Waals surface area (Å²) in [6, 6.07) is 42.1. The van der Waals surface area contributed by atoms with Crippen LogP contribution in [0.25, 0.3) is 61.6 Å². The molecular formula is C52H56N3OPt-. The maximum atomic E-state index is 12.0. The second-order valence-corrected chi connectivity index (χ2v) is 19.4. The zero-order chi connectivity index (χ0) is 40.4. The molecule has 0 saturated heterocycles. The topological polar surface area (TPSA) is 50.9 Å². The molecule has 2 aromatic heterocycles. The van der Waals surface area contributed by atoms with Crippen molar-refractivity contribution < 1.29 is 26.2 Å². The van der Waals surface area contributed by atoms with E-state index in [1.807, 2.05) is 54.7 Å². The van der Waals surface area contributed by atoms with E-state index >= 15 is 0 Å². The number of hydrogen-bond donors (Lipinski definition) is 1. The Labute approximate surface area is 354 Å². The fourth-order valence-corrected chi connectivity index (χ4v) is 7.20. The van der Waals surface area contributed by atoms with E-state index in [1.165, 1.54) is 22.3 Å². The van der Waals surface area contributed by atoms with E-state index < -0.39 is 0 Å². The van der Waals surface area contributed by atoms with Crippen LogP contribution in [0.15, 0.2) is 115 Å². The van der Waals surface area contributed by atoms with Gasteiger partial charge in [-0.15, -0.1) is 29.3 Å². The number of aromatic nitrogens is 3. The SMILES string of the molecule is CC(C)(C)c1cc(-c2ccccn2)[c-]c(-c2cc(C(C)(C)C)cc3c2nc(-c2ccc(-c4ccccc4)cc2O)n3-c2cc(C(C)(C)C)cc(C(C)(C)C)c2)c1.[Pt]. The Morgan fingerprint density at radius 1 is 0.526 bits per heavy atom. The molecule has 0 fully saturated rings. The second kappa shape index (κ2) is 15.2. The van der Waals surface area contributed by atoms with Crippen molar-refractivity contribution in [2.24, 2.45) is 0 Å². The molecule has 0 atom stereocenters. The molecule has 0 aliphatic heterocycles. The van der Waals surface area contributed by atoms with Gasteiger partial charge in [-0.25, -0.2) is 4.98 Å². The van der Waals surface area contributed by atoms with E-state index in [0.717, 1.165) is 50.2 Å². The van der Waals surface area contributed by atoms with E-state index in [4.69, 9.17) is 9.97 Å². The molecule has 0 aliphatic carbocycles. The monoisotopic (exact) mass is 933 g/mol. The molecular weight excluding hydrogens is 878 g/mol. The van der Waals surface area contributed by atoms with Gasteiger partial charge in [0.2, 0.25) is 0 Å². The minimum atomic E-state index is -0.174. The Hall–Kier alpha value is -4.79. The zero-order valence-corrected chi connectivity index (χ0v) is 37.8. The van der Waals surface area contributed by atoms with Gasteiger partial charge in [-0.3, -0.25) is 9.55 Å². The van der Waals surface area contributed by atoms with Crippen LogP contribution < -0.4 is 0 Å². The number of aromatic hydroxyl groups is 1. The summed E-state index contributed by atoms with van der Waals surface area (Å²) in [5, 5.41) is 12.0. The maximum Gasteiger partial charge on any atom is 0.148 e. The number of hydrogen-bond acceptors (Lipinski definition) is 3. The molecule has 296 valence electrons. The normalized spacial score (nSPS) is 12.5. The number of phenolic OH excluding ortho intramolecular Hbond substituents is 1. The summed E-state index contributed by atoms with van der Waals surface area (Å²) in [5.41, 5.74) is 13.7. The molecule has 5 aromatic carbocycles. The summed E-state index contributed by atoms with van der Waals surface area (Å²) < 4.78 is 2.28. The van der Waals surface area contributed by atoms with Gasteiger partial charge in [0.15, 0.2) is 0 Å². The fourth-order valence-electron chi connectivity index (χ4n) is 7.20. The molecule has 5 heteroatoms. The van der Waals surface area contributed by atoms with Crippen LogP contribution in [0, 0.1) is 6.07 Å². The minimum absolute atomic E-state index is 0. The van der Waals surface area contributed by atoms with Crippen LogP contribution in [0.2, 0.25) is 0 Å². The number of pyridine rings is 1. The van der Waals surface area contributed by atoms with Crippen LogP contribution in [0.4, 0.5) is 0 Å². The summed E-state index contributed by atoms with van der Waals surface area (Å²) in [4.78, 5) is 10.3. The third kappa shape index (κ3) is 8.58. The summed E-state index contributed by atoms with van der Waals surface area (Å²) in [7, 11) is 0. The summed E-state index contributed by atoms with van der Waals surface area (Å²) in [5.74, 6) is 0.870. The number of nitrogens with zero attached hydrogens (tertiary/aromatic N) is 3. The van der Waals surface area contributed by atoms with E-state index in [-0.39, 0.29) is 48.5 Å².